The number of nitrogens with zero attached hydrogens (tertiary/aromatic N) is 1. The first-order valence-electron chi connectivity index (χ1n) is 13.1. The number of hydrogen-bond acceptors (Lipinski definition) is 7. The van der Waals surface area contributed by atoms with Crippen molar-refractivity contribution in [3.05, 3.63) is 130 Å². The Bertz CT molecular complexity index is 1480. The fraction of sp³-hybridized carbons (Fsp3) is 0.188. The predicted octanol–water partition coefficient (Wildman–Crippen LogP) is 4.64. The zero-order valence-corrected chi connectivity index (χ0v) is 23.3. The first-order valence-corrected chi connectivity index (χ1v) is 13.9. The molecule has 2 heterocycles. The number of benzene rings is 3. The molecule has 3 aromatic carbocycles. The number of rotatable bonds is 8. The van der Waals surface area contributed by atoms with Gasteiger partial charge in [0, 0.05) is 11.8 Å². The van der Waals surface area contributed by atoms with Crippen LogP contribution in [0.2, 0.25) is 0 Å². The first-order chi connectivity index (χ1) is 19.8. The highest BCUT2D eigenvalue weighted by Gasteiger charge is 2.55. The highest BCUT2D eigenvalue weighted by Crippen LogP contribution is 2.47. The van der Waals surface area contributed by atoms with Crippen molar-refractivity contribution in [1.29, 1.82) is 0 Å². The number of carbonyl (C=O) groups is 4. The van der Waals surface area contributed by atoms with E-state index in [2.05, 4.69) is 5.32 Å². The van der Waals surface area contributed by atoms with E-state index in [0.717, 1.165) is 16.7 Å². The lowest BCUT2D eigenvalue weighted by Crippen LogP contribution is -2.70. The number of ether oxygens (including phenoxy) is 2. The van der Waals surface area contributed by atoms with Crippen molar-refractivity contribution in [3.63, 3.8) is 0 Å². The molecule has 0 bridgehead atoms. The Labute approximate surface area is 242 Å². The highest BCUT2D eigenvalue weighted by molar-refractivity contribution is 8.04. The lowest BCUT2D eigenvalue weighted by Gasteiger charge is -2.50. The van der Waals surface area contributed by atoms with Crippen LogP contribution in [0.5, 0.6) is 0 Å². The van der Waals surface area contributed by atoms with E-state index < -0.39 is 35.4 Å². The number of esters is 2. The van der Waals surface area contributed by atoms with Gasteiger partial charge in [0.25, 0.3) is 5.91 Å². The molecule has 9 heteroatoms. The predicted molar refractivity (Wildman–Crippen MR) is 154 cm³/mol. The quantitative estimate of drug-likeness (QED) is 0.240. The molecule has 0 aliphatic carbocycles. The molecule has 1 unspecified atom stereocenters. The minimum Gasteiger partial charge on any atom is -0.448 e. The molecule has 3 aromatic rings. The van der Waals surface area contributed by atoms with Gasteiger partial charge in [-0.3, -0.25) is 19.3 Å². The van der Waals surface area contributed by atoms with Crippen LogP contribution in [0.4, 0.5) is 0 Å². The van der Waals surface area contributed by atoms with Crippen LogP contribution in [0.3, 0.4) is 0 Å². The molecule has 1 fully saturated rings. The minimum atomic E-state index is -0.869. The maximum Gasteiger partial charge on any atom is 0.356 e. The van der Waals surface area contributed by atoms with Gasteiger partial charge in [0.1, 0.15) is 23.4 Å². The van der Waals surface area contributed by atoms with Crippen molar-refractivity contribution in [2.24, 2.45) is 0 Å². The Kier molecular flexibility index (Phi) is 8.35. The van der Waals surface area contributed by atoms with Crippen LogP contribution in [0.1, 0.15) is 36.6 Å². The summed E-state index contributed by atoms with van der Waals surface area (Å²) in [5.41, 5.74) is 2.82. The van der Waals surface area contributed by atoms with Crippen molar-refractivity contribution < 1.29 is 28.7 Å². The molecule has 0 aromatic heterocycles. The molecule has 1 N–H and O–H groups in total. The summed E-state index contributed by atoms with van der Waals surface area (Å²) in [7, 11) is 0. The smallest absolute Gasteiger partial charge is 0.356 e. The van der Waals surface area contributed by atoms with Crippen LogP contribution in [-0.2, 0) is 35.1 Å². The number of fused-ring (bicyclic) bond motifs is 1. The van der Waals surface area contributed by atoms with E-state index in [1.54, 1.807) is 6.92 Å². The molecule has 2 amide bonds. The molecular weight excluding hydrogens is 540 g/mol. The zero-order valence-electron chi connectivity index (χ0n) is 22.5. The van der Waals surface area contributed by atoms with Crippen LogP contribution < -0.4 is 5.32 Å². The molecule has 208 valence electrons. The summed E-state index contributed by atoms with van der Waals surface area (Å²) >= 11 is 1.23. The monoisotopic (exact) mass is 568 g/mol. The maximum absolute atomic E-state index is 13.8. The molecule has 0 saturated carbocycles. The number of nitrogens with one attached hydrogen (secondary N) is 1. The average molecular weight is 569 g/mol. The third kappa shape index (κ3) is 6.10. The third-order valence-electron chi connectivity index (χ3n) is 6.74. The number of hydrogen-bond donors (Lipinski definition) is 1. The highest BCUT2D eigenvalue weighted by atomic mass is 32.2. The van der Waals surface area contributed by atoms with Crippen LogP contribution in [0.25, 0.3) is 0 Å². The van der Waals surface area contributed by atoms with Gasteiger partial charge in [0.2, 0.25) is 5.91 Å². The summed E-state index contributed by atoms with van der Waals surface area (Å²) in [5, 5.41) is 2.18. The molecule has 2 aliphatic heterocycles. The van der Waals surface area contributed by atoms with Crippen molar-refractivity contribution in [3.8, 4) is 0 Å². The van der Waals surface area contributed by atoms with E-state index in [4.69, 9.17) is 9.47 Å². The molecule has 1 saturated heterocycles. The van der Waals surface area contributed by atoms with Gasteiger partial charge in [0.05, 0.1) is 6.42 Å². The summed E-state index contributed by atoms with van der Waals surface area (Å²) in [6.07, 6.45) is 0.652. The van der Waals surface area contributed by atoms with Gasteiger partial charge in [-0.1, -0.05) is 103 Å². The average Bonchev–Trinajstić information content (AvgIpc) is 2.99. The van der Waals surface area contributed by atoms with Gasteiger partial charge in [-0.15, -0.1) is 0 Å². The number of amides is 2. The van der Waals surface area contributed by atoms with Gasteiger partial charge in [-0.05, 0) is 29.2 Å². The fourth-order valence-corrected chi connectivity index (χ4v) is 6.00. The number of thioether (sulfide) groups is 1. The second kappa shape index (κ2) is 12.3. The fourth-order valence-electron chi connectivity index (χ4n) is 4.73. The molecule has 5 rings (SSSR count). The summed E-state index contributed by atoms with van der Waals surface area (Å²) in [6.45, 7) is 2.94. The minimum absolute atomic E-state index is 0.0440. The number of β-lactam (4-membered cyclic amide) rings is 1. The number of carbonyl (C=O) groups excluding carboxylic acids is 4. The van der Waals surface area contributed by atoms with Crippen LogP contribution in [0, 0.1) is 0 Å². The topological polar surface area (TPSA) is 102 Å². The van der Waals surface area contributed by atoms with Crippen LogP contribution >= 0.6 is 11.8 Å². The molecule has 2 aliphatic rings. The molecular formula is C32H28N2O6S. The second-order valence-electron chi connectivity index (χ2n) is 9.60. The molecule has 41 heavy (non-hydrogen) atoms. The van der Waals surface area contributed by atoms with Gasteiger partial charge in [-0.25, -0.2) is 4.79 Å². The van der Waals surface area contributed by atoms with E-state index in [0.29, 0.717) is 10.5 Å². The van der Waals surface area contributed by atoms with Gasteiger partial charge in [-0.2, -0.15) is 0 Å². The molecule has 8 nitrogen and oxygen atoms in total. The van der Waals surface area contributed by atoms with Crippen LogP contribution in [-0.4, -0.2) is 40.1 Å². The molecule has 0 spiro atoms. The first kappa shape index (κ1) is 27.9. The van der Waals surface area contributed by atoms with Gasteiger partial charge < -0.3 is 14.8 Å². The van der Waals surface area contributed by atoms with E-state index >= 15 is 0 Å². The summed E-state index contributed by atoms with van der Waals surface area (Å²) in [6, 6.07) is 27.0. The lowest BCUT2D eigenvalue weighted by molar-refractivity contribution is -0.154. The van der Waals surface area contributed by atoms with E-state index in [1.165, 1.54) is 29.8 Å². The standard InChI is InChI=1S/C32H28N2O6S/c1-20-25(19-39-21(2)35)41-31-27(33-26(36)18-22-12-6-3-7-13-22)30(37)34(31)28(20)32(38)40-29(23-14-8-4-9-15-23)24-16-10-5-11-17-24/h3-17,19,27,29,31H,18H2,1-2H3,(H,33,36)/t27?,31-/m1/s1. The van der Waals surface area contributed by atoms with Crippen LogP contribution in [0.15, 0.2) is 113 Å². The van der Waals surface area contributed by atoms with E-state index in [1.807, 2.05) is 91.0 Å². The summed E-state index contributed by atoms with van der Waals surface area (Å²) in [4.78, 5) is 53.4. The van der Waals surface area contributed by atoms with Crippen molar-refractivity contribution >= 4 is 35.5 Å². The Morgan fingerprint density at radius 1 is 0.927 bits per heavy atom. The zero-order chi connectivity index (χ0) is 28.9. The van der Waals surface area contributed by atoms with Gasteiger partial charge in [0.15, 0.2) is 6.10 Å². The SMILES string of the molecule is CC(=O)OC=C1S[C@@H]2C(NC(=O)Cc3ccccc3)C(=O)N2C(C(=O)OC(c2ccccc2)c2ccccc2)=C1C. The van der Waals surface area contributed by atoms with Gasteiger partial charge >= 0.3 is 11.9 Å². The normalized spacial score (nSPS) is 19.0. The van der Waals surface area contributed by atoms with E-state index in [9.17, 15) is 19.2 Å². The van der Waals surface area contributed by atoms with Crippen molar-refractivity contribution in [1.82, 2.24) is 10.2 Å². The second-order valence-corrected chi connectivity index (χ2v) is 10.8. The Morgan fingerprint density at radius 3 is 2.05 bits per heavy atom. The van der Waals surface area contributed by atoms with Crippen molar-refractivity contribution in [2.45, 2.75) is 37.8 Å². The Balaban J connectivity index is 1.43. The number of allylic oxidation sites excluding steroid dienone is 1. The van der Waals surface area contributed by atoms with Crippen molar-refractivity contribution in [2.75, 3.05) is 0 Å². The molecule has 2 atom stereocenters. The Hall–Kier alpha value is -4.63. The van der Waals surface area contributed by atoms with E-state index in [-0.39, 0.29) is 18.0 Å². The lowest BCUT2D eigenvalue weighted by atomic mass is 10.0. The molecule has 0 radical (unpaired) electrons. The maximum atomic E-state index is 13.8. The largest absolute Gasteiger partial charge is 0.448 e. The summed E-state index contributed by atoms with van der Waals surface area (Å²) < 4.78 is 11.2. The third-order valence-corrected chi connectivity index (χ3v) is 8.12. The Morgan fingerprint density at radius 2 is 1.49 bits per heavy atom. The summed E-state index contributed by atoms with van der Waals surface area (Å²) in [5.74, 6) is -1.97.